The van der Waals surface area contributed by atoms with Crippen molar-refractivity contribution in [2.45, 2.75) is 19.6 Å². The van der Waals surface area contributed by atoms with Crippen LogP contribution in [0.3, 0.4) is 0 Å². The SMILES string of the molecule is COc1cc(/C=C(/C#N)C(=O)N[C@H](C)c2ccccc2)ccc1OCc1cccc(C(=O)O)c1. The lowest BCUT2D eigenvalue weighted by Crippen LogP contribution is -2.27. The van der Waals surface area contributed by atoms with Crippen LogP contribution in [-0.4, -0.2) is 24.1 Å². The molecule has 1 atom stereocenters. The van der Waals surface area contributed by atoms with E-state index in [-0.39, 0.29) is 23.8 Å². The Morgan fingerprint density at radius 1 is 1.06 bits per heavy atom. The maximum atomic E-state index is 12.6. The summed E-state index contributed by atoms with van der Waals surface area (Å²) >= 11 is 0. The van der Waals surface area contributed by atoms with Gasteiger partial charge in [0.2, 0.25) is 0 Å². The third-order valence-electron chi connectivity index (χ3n) is 5.08. The lowest BCUT2D eigenvalue weighted by atomic mass is 10.1. The normalized spacial score (nSPS) is 11.7. The van der Waals surface area contributed by atoms with Crippen molar-refractivity contribution >= 4 is 18.0 Å². The van der Waals surface area contributed by atoms with Crippen molar-refractivity contribution in [1.82, 2.24) is 5.32 Å². The number of hydrogen-bond donors (Lipinski definition) is 2. The highest BCUT2D eigenvalue weighted by molar-refractivity contribution is 6.01. The summed E-state index contributed by atoms with van der Waals surface area (Å²) in [4.78, 5) is 23.8. The van der Waals surface area contributed by atoms with E-state index in [2.05, 4.69) is 5.32 Å². The van der Waals surface area contributed by atoms with Crippen molar-refractivity contribution in [3.05, 3.63) is 101 Å². The highest BCUT2D eigenvalue weighted by Crippen LogP contribution is 2.30. The first-order valence-corrected chi connectivity index (χ1v) is 10.5. The van der Waals surface area contributed by atoms with Crippen LogP contribution in [0.25, 0.3) is 6.08 Å². The minimum atomic E-state index is -1.01. The quantitative estimate of drug-likeness (QED) is 0.355. The summed E-state index contributed by atoms with van der Waals surface area (Å²) in [5.41, 5.74) is 2.37. The predicted octanol–water partition coefficient (Wildman–Crippen LogP) is 4.76. The zero-order valence-electron chi connectivity index (χ0n) is 18.8. The van der Waals surface area contributed by atoms with Gasteiger partial charge in [-0.1, -0.05) is 48.5 Å². The minimum Gasteiger partial charge on any atom is -0.493 e. The summed E-state index contributed by atoms with van der Waals surface area (Å²) in [5, 5.41) is 21.5. The molecule has 34 heavy (non-hydrogen) atoms. The van der Waals surface area contributed by atoms with Crippen LogP contribution in [0.15, 0.2) is 78.4 Å². The zero-order valence-corrected chi connectivity index (χ0v) is 18.8. The summed E-state index contributed by atoms with van der Waals surface area (Å²) in [6, 6.07) is 22.7. The minimum absolute atomic E-state index is 0.0380. The molecule has 1 amide bonds. The van der Waals surface area contributed by atoms with Crippen LogP contribution in [0.1, 0.15) is 40.0 Å². The predicted molar refractivity (Wildman–Crippen MR) is 127 cm³/mol. The second kappa shape index (κ2) is 11.3. The van der Waals surface area contributed by atoms with E-state index in [1.54, 1.807) is 36.4 Å². The third-order valence-corrected chi connectivity index (χ3v) is 5.08. The van der Waals surface area contributed by atoms with Crippen molar-refractivity contribution in [3.63, 3.8) is 0 Å². The number of benzene rings is 3. The van der Waals surface area contributed by atoms with Gasteiger partial charge in [0.15, 0.2) is 11.5 Å². The second-order valence-electron chi connectivity index (χ2n) is 7.48. The van der Waals surface area contributed by atoms with Gasteiger partial charge < -0.3 is 19.9 Å². The van der Waals surface area contributed by atoms with Crippen LogP contribution >= 0.6 is 0 Å². The Bertz CT molecular complexity index is 1250. The summed E-state index contributed by atoms with van der Waals surface area (Å²) in [5.74, 6) is -0.623. The number of carboxylic acids is 1. The molecular formula is C27H24N2O5. The number of rotatable bonds is 9. The van der Waals surface area contributed by atoms with E-state index in [1.165, 1.54) is 19.3 Å². The van der Waals surface area contributed by atoms with Crippen LogP contribution in [-0.2, 0) is 11.4 Å². The Labute approximate surface area is 197 Å². The van der Waals surface area contributed by atoms with Crippen LogP contribution in [0, 0.1) is 11.3 Å². The van der Waals surface area contributed by atoms with Gasteiger partial charge in [-0.05, 0) is 54.0 Å². The molecule has 0 unspecified atom stereocenters. The zero-order chi connectivity index (χ0) is 24.5. The number of amides is 1. The molecule has 2 N–H and O–H groups in total. The fourth-order valence-corrected chi connectivity index (χ4v) is 3.26. The van der Waals surface area contributed by atoms with Crippen LogP contribution in [0.5, 0.6) is 11.5 Å². The summed E-state index contributed by atoms with van der Waals surface area (Å²) in [7, 11) is 1.49. The van der Waals surface area contributed by atoms with Crippen molar-refractivity contribution in [2.75, 3.05) is 7.11 Å². The number of aromatic carboxylic acids is 1. The number of nitrogens with zero attached hydrogens (tertiary/aromatic N) is 1. The number of methoxy groups -OCH3 is 1. The number of hydrogen-bond acceptors (Lipinski definition) is 5. The molecule has 0 saturated heterocycles. The Morgan fingerprint density at radius 3 is 2.50 bits per heavy atom. The molecule has 3 aromatic carbocycles. The number of carbonyl (C=O) groups excluding carboxylic acids is 1. The van der Waals surface area contributed by atoms with Gasteiger partial charge in [0, 0.05) is 0 Å². The van der Waals surface area contributed by atoms with Gasteiger partial charge in [-0.15, -0.1) is 0 Å². The van der Waals surface area contributed by atoms with E-state index in [1.807, 2.05) is 43.3 Å². The molecule has 0 fully saturated rings. The number of carbonyl (C=O) groups is 2. The molecule has 172 valence electrons. The van der Waals surface area contributed by atoms with Gasteiger partial charge >= 0.3 is 5.97 Å². The van der Waals surface area contributed by atoms with Gasteiger partial charge in [0.1, 0.15) is 18.2 Å². The fourth-order valence-electron chi connectivity index (χ4n) is 3.26. The first kappa shape index (κ1) is 24.1. The lowest BCUT2D eigenvalue weighted by molar-refractivity contribution is -0.117. The molecule has 0 aromatic heterocycles. The lowest BCUT2D eigenvalue weighted by Gasteiger charge is -2.14. The highest BCUT2D eigenvalue weighted by atomic mass is 16.5. The maximum Gasteiger partial charge on any atom is 0.335 e. The number of nitriles is 1. The van der Waals surface area contributed by atoms with E-state index in [0.717, 1.165) is 5.56 Å². The third kappa shape index (κ3) is 6.24. The topological polar surface area (TPSA) is 109 Å². The summed E-state index contributed by atoms with van der Waals surface area (Å²) < 4.78 is 11.2. The fraction of sp³-hybridized carbons (Fsp3) is 0.148. The first-order valence-electron chi connectivity index (χ1n) is 10.5. The molecule has 3 aromatic rings. The van der Waals surface area contributed by atoms with Crippen molar-refractivity contribution in [2.24, 2.45) is 0 Å². The molecule has 0 aliphatic carbocycles. The molecule has 0 spiro atoms. The second-order valence-corrected chi connectivity index (χ2v) is 7.48. The molecule has 0 radical (unpaired) electrons. The van der Waals surface area contributed by atoms with Gasteiger partial charge in [0.25, 0.3) is 5.91 Å². The van der Waals surface area contributed by atoms with E-state index in [0.29, 0.717) is 22.6 Å². The number of carboxylic acid groups (broad SMARTS) is 1. The van der Waals surface area contributed by atoms with Crippen molar-refractivity contribution in [1.29, 1.82) is 5.26 Å². The maximum absolute atomic E-state index is 12.6. The van der Waals surface area contributed by atoms with Crippen LogP contribution in [0.4, 0.5) is 0 Å². The van der Waals surface area contributed by atoms with Crippen molar-refractivity contribution < 1.29 is 24.2 Å². The molecule has 7 heteroatoms. The van der Waals surface area contributed by atoms with Gasteiger partial charge in [0.05, 0.1) is 18.7 Å². The van der Waals surface area contributed by atoms with E-state index in [9.17, 15) is 14.9 Å². The Hall–Kier alpha value is -4.57. The average Bonchev–Trinajstić information content (AvgIpc) is 2.86. The van der Waals surface area contributed by atoms with E-state index < -0.39 is 11.9 Å². The monoisotopic (exact) mass is 456 g/mol. The van der Waals surface area contributed by atoms with Gasteiger partial charge in [-0.2, -0.15) is 5.26 Å². The molecule has 0 bridgehead atoms. The smallest absolute Gasteiger partial charge is 0.335 e. The molecular weight excluding hydrogens is 432 g/mol. The molecule has 0 aliphatic heterocycles. The van der Waals surface area contributed by atoms with E-state index in [4.69, 9.17) is 14.6 Å². The molecule has 0 aliphatic rings. The Kier molecular flexibility index (Phi) is 8.03. The highest BCUT2D eigenvalue weighted by Gasteiger charge is 2.14. The molecule has 3 rings (SSSR count). The Morgan fingerprint density at radius 2 is 1.82 bits per heavy atom. The first-order chi connectivity index (χ1) is 16.4. The molecule has 7 nitrogen and oxygen atoms in total. The standard InChI is InChI=1S/C27H24N2O5/c1-18(21-8-4-3-5-9-21)29-26(30)23(16-28)13-19-11-12-24(25(15-19)33-2)34-17-20-7-6-10-22(14-20)27(31)32/h3-15,18H,17H2,1-2H3,(H,29,30)(H,31,32)/b23-13-/t18-/m1/s1. The van der Waals surface area contributed by atoms with Crippen molar-refractivity contribution in [3.8, 4) is 17.6 Å². The van der Waals surface area contributed by atoms with Crippen LogP contribution in [0.2, 0.25) is 0 Å². The average molecular weight is 456 g/mol. The number of nitrogens with one attached hydrogen (secondary N) is 1. The van der Waals surface area contributed by atoms with Crippen LogP contribution < -0.4 is 14.8 Å². The molecule has 0 heterocycles. The van der Waals surface area contributed by atoms with E-state index >= 15 is 0 Å². The summed E-state index contributed by atoms with van der Waals surface area (Å²) in [6.07, 6.45) is 1.48. The number of ether oxygens (including phenoxy) is 2. The summed E-state index contributed by atoms with van der Waals surface area (Å²) in [6.45, 7) is 2.00. The van der Waals surface area contributed by atoms with Gasteiger partial charge in [-0.3, -0.25) is 4.79 Å². The van der Waals surface area contributed by atoms with Gasteiger partial charge in [-0.25, -0.2) is 4.79 Å². The largest absolute Gasteiger partial charge is 0.493 e. The Balaban J connectivity index is 1.73. The molecule has 0 saturated carbocycles.